The van der Waals surface area contributed by atoms with Crippen molar-refractivity contribution in [1.29, 1.82) is 0 Å². The third-order valence-electron chi connectivity index (χ3n) is 4.89. The Morgan fingerprint density at radius 1 is 0.826 bits per heavy atom. The van der Waals surface area contributed by atoms with Crippen LogP contribution in [0, 0.1) is 5.92 Å². The van der Waals surface area contributed by atoms with Crippen LogP contribution in [0.15, 0.2) is 0 Å². The van der Waals surface area contributed by atoms with Crippen LogP contribution in [0.1, 0.15) is 54.4 Å². The molecule has 0 aliphatic carbocycles. The van der Waals surface area contributed by atoms with Crippen molar-refractivity contribution in [2.24, 2.45) is 5.92 Å². The van der Waals surface area contributed by atoms with Gasteiger partial charge in [-0.05, 0) is 72.6 Å². The SMILES string of the molecule is CC(C)C(C)NCCCN1CCN(CCCNC(C)(C)C)CC1. The Kier molecular flexibility index (Phi) is 9.67. The molecule has 0 aromatic heterocycles. The molecule has 1 unspecified atom stereocenters. The number of nitrogens with zero attached hydrogens (tertiary/aromatic N) is 2. The van der Waals surface area contributed by atoms with Crippen molar-refractivity contribution in [1.82, 2.24) is 20.4 Å². The maximum atomic E-state index is 3.63. The molecule has 0 radical (unpaired) electrons. The van der Waals surface area contributed by atoms with E-state index in [0.29, 0.717) is 6.04 Å². The number of rotatable bonds is 10. The van der Waals surface area contributed by atoms with Gasteiger partial charge in [0.25, 0.3) is 0 Å². The summed E-state index contributed by atoms with van der Waals surface area (Å²) in [6.07, 6.45) is 2.53. The van der Waals surface area contributed by atoms with Gasteiger partial charge in [-0.3, -0.25) is 0 Å². The molecule has 0 aromatic rings. The van der Waals surface area contributed by atoms with E-state index in [2.05, 4.69) is 62.0 Å². The lowest BCUT2D eigenvalue weighted by molar-refractivity contribution is 0.129. The van der Waals surface area contributed by atoms with Crippen molar-refractivity contribution >= 4 is 0 Å². The fourth-order valence-corrected chi connectivity index (χ4v) is 2.87. The largest absolute Gasteiger partial charge is 0.314 e. The molecule has 4 nitrogen and oxygen atoms in total. The summed E-state index contributed by atoms with van der Waals surface area (Å²) in [4.78, 5) is 5.26. The first-order valence-corrected chi connectivity index (χ1v) is 9.71. The summed E-state index contributed by atoms with van der Waals surface area (Å²) in [5, 5.41) is 7.21. The van der Waals surface area contributed by atoms with Crippen LogP contribution in [0.4, 0.5) is 0 Å². The van der Waals surface area contributed by atoms with Gasteiger partial charge in [-0.25, -0.2) is 0 Å². The van der Waals surface area contributed by atoms with Gasteiger partial charge in [0.05, 0.1) is 0 Å². The predicted molar refractivity (Wildman–Crippen MR) is 102 cm³/mol. The van der Waals surface area contributed by atoms with Gasteiger partial charge in [-0.15, -0.1) is 0 Å². The normalized spacial score (nSPS) is 19.4. The Balaban J connectivity index is 2.00. The highest BCUT2D eigenvalue weighted by Gasteiger charge is 2.16. The molecule has 0 aromatic carbocycles. The summed E-state index contributed by atoms with van der Waals surface area (Å²) in [6.45, 7) is 23.3. The van der Waals surface area contributed by atoms with E-state index >= 15 is 0 Å². The van der Waals surface area contributed by atoms with Crippen molar-refractivity contribution in [2.45, 2.75) is 66.0 Å². The van der Waals surface area contributed by atoms with Crippen molar-refractivity contribution in [3.05, 3.63) is 0 Å². The van der Waals surface area contributed by atoms with Crippen LogP contribution in [0.25, 0.3) is 0 Å². The van der Waals surface area contributed by atoms with Gasteiger partial charge < -0.3 is 20.4 Å². The van der Waals surface area contributed by atoms with Gasteiger partial charge in [0, 0.05) is 37.8 Å². The van der Waals surface area contributed by atoms with Crippen LogP contribution in [0.3, 0.4) is 0 Å². The lowest BCUT2D eigenvalue weighted by Crippen LogP contribution is -2.47. The molecule has 23 heavy (non-hydrogen) atoms. The van der Waals surface area contributed by atoms with Crippen molar-refractivity contribution in [2.75, 3.05) is 52.4 Å². The first kappa shape index (κ1) is 20.9. The Hall–Kier alpha value is -0.160. The molecule has 1 fully saturated rings. The van der Waals surface area contributed by atoms with Crippen LogP contribution >= 0.6 is 0 Å². The predicted octanol–water partition coefficient (Wildman–Crippen LogP) is 2.41. The molecule has 2 N–H and O–H groups in total. The van der Waals surface area contributed by atoms with E-state index in [1.165, 1.54) is 52.1 Å². The Morgan fingerprint density at radius 3 is 1.74 bits per heavy atom. The number of hydrogen-bond acceptors (Lipinski definition) is 4. The van der Waals surface area contributed by atoms with Gasteiger partial charge in [-0.1, -0.05) is 13.8 Å². The van der Waals surface area contributed by atoms with E-state index in [0.717, 1.165) is 19.0 Å². The Labute approximate surface area is 145 Å². The third kappa shape index (κ3) is 10.3. The molecular weight excluding hydrogens is 284 g/mol. The molecule has 4 heteroatoms. The molecule has 1 aliphatic rings. The van der Waals surface area contributed by atoms with Gasteiger partial charge >= 0.3 is 0 Å². The topological polar surface area (TPSA) is 30.5 Å². The zero-order valence-corrected chi connectivity index (χ0v) is 16.6. The maximum Gasteiger partial charge on any atom is 0.0110 e. The van der Waals surface area contributed by atoms with Gasteiger partial charge in [0.1, 0.15) is 0 Å². The standard InChI is InChI=1S/C19H42N4/c1-17(2)18(3)20-9-7-11-22-13-15-23(16-14-22)12-8-10-21-19(4,5)6/h17-18,20-21H,7-16H2,1-6H3. The smallest absolute Gasteiger partial charge is 0.0110 e. The monoisotopic (exact) mass is 326 g/mol. The lowest BCUT2D eigenvalue weighted by Gasteiger charge is -2.35. The average Bonchev–Trinajstić information content (AvgIpc) is 2.48. The van der Waals surface area contributed by atoms with E-state index in [9.17, 15) is 0 Å². The Bertz CT molecular complexity index is 290. The highest BCUT2D eigenvalue weighted by molar-refractivity contribution is 4.74. The van der Waals surface area contributed by atoms with Crippen LogP contribution < -0.4 is 10.6 Å². The molecule has 1 heterocycles. The Morgan fingerprint density at radius 2 is 1.30 bits per heavy atom. The highest BCUT2D eigenvalue weighted by atomic mass is 15.3. The summed E-state index contributed by atoms with van der Waals surface area (Å²) < 4.78 is 0. The van der Waals surface area contributed by atoms with Crippen molar-refractivity contribution < 1.29 is 0 Å². The average molecular weight is 327 g/mol. The maximum absolute atomic E-state index is 3.63. The minimum atomic E-state index is 0.250. The molecule has 1 aliphatic heterocycles. The van der Waals surface area contributed by atoms with Crippen LogP contribution in [-0.4, -0.2) is 73.7 Å². The number of hydrogen-bond donors (Lipinski definition) is 2. The van der Waals surface area contributed by atoms with Crippen LogP contribution in [0.5, 0.6) is 0 Å². The second-order valence-corrected chi connectivity index (χ2v) is 8.55. The molecule has 1 saturated heterocycles. The minimum absolute atomic E-state index is 0.250. The van der Waals surface area contributed by atoms with Crippen LogP contribution in [-0.2, 0) is 0 Å². The second kappa shape index (κ2) is 10.7. The fourth-order valence-electron chi connectivity index (χ4n) is 2.87. The summed E-state index contributed by atoms with van der Waals surface area (Å²) in [6, 6.07) is 0.633. The number of nitrogens with one attached hydrogen (secondary N) is 2. The lowest BCUT2D eigenvalue weighted by atomic mass is 10.1. The molecule has 0 bridgehead atoms. The van der Waals surface area contributed by atoms with Crippen molar-refractivity contribution in [3.8, 4) is 0 Å². The fraction of sp³-hybridized carbons (Fsp3) is 1.00. The zero-order valence-electron chi connectivity index (χ0n) is 16.6. The molecule has 138 valence electrons. The second-order valence-electron chi connectivity index (χ2n) is 8.55. The molecular formula is C19H42N4. The van der Waals surface area contributed by atoms with Gasteiger partial charge in [0.15, 0.2) is 0 Å². The molecule has 0 amide bonds. The molecule has 0 saturated carbocycles. The summed E-state index contributed by atoms with van der Waals surface area (Å²) >= 11 is 0. The zero-order chi connectivity index (χ0) is 17.3. The first-order chi connectivity index (χ1) is 10.8. The summed E-state index contributed by atoms with van der Waals surface area (Å²) in [5.41, 5.74) is 0.250. The highest BCUT2D eigenvalue weighted by Crippen LogP contribution is 2.05. The van der Waals surface area contributed by atoms with E-state index in [-0.39, 0.29) is 5.54 Å². The molecule has 0 spiro atoms. The van der Waals surface area contributed by atoms with E-state index in [4.69, 9.17) is 0 Å². The van der Waals surface area contributed by atoms with Crippen LogP contribution in [0.2, 0.25) is 0 Å². The molecule has 1 rings (SSSR count). The van der Waals surface area contributed by atoms with Gasteiger partial charge in [-0.2, -0.15) is 0 Å². The van der Waals surface area contributed by atoms with E-state index in [1.807, 2.05) is 0 Å². The number of piperazine rings is 1. The quantitative estimate of drug-likeness (QED) is 0.604. The summed E-state index contributed by atoms with van der Waals surface area (Å²) in [5.74, 6) is 0.728. The minimum Gasteiger partial charge on any atom is -0.314 e. The first-order valence-electron chi connectivity index (χ1n) is 9.71. The van der Waals surface area contributed by atoms with Gasteiger partial charge in [0.2, 0.25) is 0 Å². The molecule has 1 atom stereocenters. The van der Waals surface area contributed by atoms with E-state index in [1.54, 1.807) is 0 Å². The summed E-state index contributed by atoms with van der Waals surface area (Å²) in [7, 11) is 0. The third-order valence-corrected chi connectivity index (χ3v) is 4.89. The van der Waals surface area contributed by atoms with E-state index < -0.39 is 0 Å². The van der Waals surface area contributed by atoms with Crippen molar-refractivity contribution in [3.63, 3.8) is 0 Å².